The molecule has 17 heavy (non-hydrogen) atoms. The number of pyridine rings is 1. The Kier molecular flexibility index (Phi) is 2.29. The number of rotatable bonds is 2. The quantitative estimate of drug-likeness (QED) is 0.821. The highest BCUT2D eigenvalue weighted by atomic mass is 16.3. The number of aromatic nitrogens is 1. The summed E-state index contributed by atoms with van der Waals surface area (Å²) in [6.07, 6.45) is 7.18. The summed E-state index contributed by atoms with van der Waals surface area (Å²) in [5.41, 5.74) is 2.59. The van der Waals surface area contributed by atoms with Gasteiger partial charge in [0.1, 0.15) is 24.3 Å². The number of hydrogen-bond acceptors (Lipinski definition) is 4. The van der Waals surface area contributed by atoms with Gasteiger partial charge in [0.05, 0.1) is 5.69 Å². The minimum Gasteiger partial charge on any atom is -0.468 e. The Balaban J connectivity index is 1.79. The normalized spacial score (nSPS) is 18.1. The fourth-order valence-corrected chi connectivity index (χ4v) is 1.88. The van der Waals surface area contributed by atoms with E-state index < -0.39 is 0 Å². The van der Waals surface area contributed by atoms with Crippen molar-refractivity contribution < 1.29 is 9.21 Å². The molecule has 2 aromatic rings. The van der Waals surface area contributed by atoms with Crippen molar-refractivity contribution in [1.29, 1.82) is 0 Å². The summed E-state index contributed by atoms with van der Waals surface area (Å²) in [4.78, 5) is 15.8. The number of hydrogen-bond donors (Lipinski definition) is 2. The van der Waals surface area contributed by atoms with Gasteiger partial charge in [0, 0.05) is 18.8 Å². The van der Waals surface area contributed by atoms with Gasteiger partial charge in [-0.2, -0.15) is 0 Å². The molecule has 0 fully saturated rings. The van der Waals surface area contributed by atoms with Crippen molar-refractivity contribution in [2.45, 2.75) is 12.5 Å². The van der Waals surface area contributed by atoms with Crippen molar-refractivity contribution >= 4 is 17.3 Å². The molecular formula is C12H11N3O2. The zero-order chi connectivity index (χ0) is 11.7. The van der Waals surface area contributed by atoms with Gasteiger partial charge in [-0.3, -0.25) is 9.78 Å². The van der Waals surface area contributed by atoms with Gasteiger partial charge in [-0.15, -0.1) is 0 Å². The van der Waals surface area contributed by atoms with Gasteiger partial charge < -0.3 is 15.1 Å². The van der Waals surface area contributed by atoms with Gasteiger partial charge in [-0.25, -0.2) is 0 Å². The molecule has 5 heteroatoms. The van der Waals surface area contributed by atoms with Crippen LogP contribution in [0, 0.1) is 0 Å². The summed E-state index contributed by atoms with van der Waals surface area (Å²) in [7, 11) is 0. The molecule has 0 radical (unpaired) electrons. The molecule has 1 atom stereocenters. The Morgan fingerprint density at radius 1 is 1.24 bits per heavy atom. The zero-order valence-electron chi connectivity index (χ0n) is 9.01. The minimum absolute atomic E-state index is 0.0456. The highest BCUT2D eigenvalue weighted by Gasteiger charge is 2.26. The van der Waals surface area contributed by atoms with Crippen LogP contribution in [0.5, 0.6) is 0 Å². The molecule has 0 saturated heterocycles. The number of carbonyl (C=O) groups is 1. The lowest BCUT2D eigenvalue weighted by Gasteiger charge is -2.23. The Hall–Kier alpha value is -2.30. The first-order valence-corrected chi connectivity index (χ1v) is 5.35. The lowest BCUT2D eigenvalue weighted by Crippen LogP contribution is -2.39. The Morgan fingerprint density at radius 2 is 2.00 bits per heavy atom. The summed E-state index contributed by atoms with van der Waals surface area (Å²) < 4.78 is 5.03. The second-order valence-corrected chi connectivity index (χ2v) is 3.94. The maximum absolute atomic E-state index is 11.8. The molecule has 1 unspecified atom stereocenters. The van der Waals surface area contributed by atoms with E-state index in [-0.39, 0.29) is 11.9 Å². The smallest absolute Gasteiger partial charge is 0.247 e. The van der Waals surface area contributed by atoms with Crippen LogP contribution >= 0.6 is 0 Å². The predicted octanol–water partition coefficient (Wildman–Crippen LogP) is 1.65. The van der Waals surface area contributed by atoms with E-state index in [9.17, 15) is 4.79 Å². The first-order valence-electron chi connectivity index (χ1n) is 5.35. The molecule has 1 aliphatic heterocycles. The van der Waals surface area contributed by atoms with Gasteiger partial charge in [0.2, 0.25) is 5.91 Å². The molecule has 5 nitrogen and oxygen atoms in total. The first kappa shape index (κ1) is 9.89. The van der Waals surface area contributed by atoms with Gasteiger partial charge in [-0.1, -0.05) is 0 Å². The highest BCUT2D eigenvalue weighted by molar-refractivity contribution is 6.02. The van der Waals surface area contributed by atoms with Crippen LogP contribution in [0.4, 0.5) is 11.4 Å². The van der Waals surface area contributed by atoms with Gasteiger partial charge in [0.15, 0.2) is 0 Å². The van der Waals surface area contributed by atoms with Crippen molar-refractivity contribution in [1.82, 2.24) is 4.98 Å². The predicted molar refractivity (Wildman–Crippen MR) is 62.7 cm³/mol. The van der Waals surface area contributed by atoms with Crippen LogP contribution in [0.3, 0.4) is 0 Å². The van der Waals surface area contributed by atoms with Crippen LogP contribution in [0.2, 0.25) is 0 Å². The third-order valence-corrected chi connectivity index (χ3v) is 2.76. The summed E-state index contributed by atoms with van der Waals surface area (Å²) in [6, 6.07) is 3.53. The van der Waals surface area contributed by atoms with Crippen molar-refractivity contribution in [3.05, 3.63) is 42.6 Å². The maximum Gasteiger partial charge on any atom is 0.247 e. The molecular weight excluding hydrogens is 218 g/mol. The van der Waals surface area contributed by atoms with Crippen LogP contribution in [0.1, 0.15) is 5.56 Å². The molecule has 0 bridgehead atoms. The Morgan fingerprint density at radius 3 is 2.82 bits per heavy atom. The minimum atomic E-state index is -0.275. The molecule has 3 rings (SSSR count). The third-order valence-electron chi connectivity index (χ3n) is 2.76. The summed E-state index contributed by atoms with van der Waals surface area (Å²) in [5, 5.41) is 5.95. The summed E-state index contributed by atoms with van der Waals surface area (Å²) >= 11 is 0. The number of fused-ring (bicyclic) bond motifs is 1. The average molecular weight is 229 g/mol. The molecule has 3 heterocycles. The summed E-state index contributed by atoms with van der Waals surface area (Å²) in [6.45, 7) is 0. The third kappa shape index (κ3) is 1.87. The van der Waals surface area contributed by atoms with E-state index in [0.29, 0.717) is 12.1 Å². The number of nitrogens with zero attached hydrogens (tertiary/aromatic N) is 1. The van der Waals surface area contributed by atoms with E-state index >= 15 is 0 Å². The number of anilines is 2. The van der Waals surface area contributed by atoms with Gasteiger partial charge in [0.25, 0.3) is 0 Å². The zero-order valence-corrected chi connectivity index (χ0v) is 9.01. The molecule has 2 aromatic heterocycles. The second-order valence-electron chi connectivity index (χ2n) is 3.94. The second kappa shape index (κ2) is 3.93. The maximum atomic E-state index is 11.8. The summed E-state index contributed by atoms with van der Waals surface area (Å²) in [5.74, 6) is -0.0456. The van der Waals surface area contributed by atoms with Crippen LogP contribution in [-0.2, 0) is 11.2 Å². The van der Waals surface area contributed by atoms with Crippen molar-refractivity contribution in [3.8, 4) is 0 Å². The Labute approximate surface area is 97.9 Å². The van der Waals surface area contributed by atoms with E-state index in [1.165, 1.54) is 6.26 Å². The van der Waals surface area contributed by atoms with Crippen molar-refractivity contribution in [2.24, 2.45) is 0 Å². The molecule has 0 aliphatic carbocycles. The molecule has 0 aromatic carbocycles. The fourth-order valence-electron chi connectivity index (χ4n) is 1.88. The van der Waals surface area contributed by atoms with Crippen LogP contribution in [-0.4, -0.2) is 16.9 Å². The number of carbonyl (C=O) groups excluding carboxylic acids is 1. The van der Waals surface area contributed by atoms with E-state index in [1.807, 2.05) is 12.1 Å². The molecule has 2 N–H and O–H groups in total. The highest BCUT2D eigenvalue weighted by Crippen LogP contribution is 2.28. The molecule has 0 spiro atoms. The van der Waals surface area contributed by atoms with Crippen LogP contribution in [0.25, 0.3) is 0 Å². The molecule has 86 valence electrons. The number of furan rings is 1. The van der Waals surface area contributed by atoms with Crippen molar-refractivity contribution in [2.75, 3.05) is 10.6 Å². The lowest BCUT2D eigenvalue weighted by molar-refractivity contribution is -0.117. The van der Waals surface area contributed by atoms with E-state index in [4.69, 9.17) is 4.42 Å². The number of nitrogens with one attached hydrogen (secondary N) is 2. The van der Waals surface area contributed by atoms with E-state index in [1.54, 1.807) is 18.7 Å². The lowest BCUT2D eigenvalue weighted by atomic mass is 10.0. The molecule has 0 saturated carbocycles. The van der Waals surface area contributed by atoms with Gasteiger partial charge >= 0.3 is 0 Å². The topological polar surface area (TPSA) is 67.2 Å². The Bertz CT molecular complexity index is 536. The van der Waals surface area contributed by atoms with E-state index in [0.717, 1.165) is 11.3 Å². The first-order chi connectivity index (χ1) is 8.33. The van der Waals surface area contributed by atoms with Crippen molar-refractivity contribution in [3.63, 3.8) is 0 Å². The average Bonchev–Trinajstić information content (AvgIpc) is 2.78. The number of amides is 1. The SMILES string of the molecule is O=C1Nc2cocc2NC1Cc1ccncc1. The van der Waals surface area contributed by atoms with Crippen LogP contribution in [0.15, 0.2) is 41.5 Å². The van der Waals surface area contributed by atoms with Crippen LogP contribution < -0.4 is 10.6 Å². The van der Waals surface area contributed by atoms with E-state index in [2.05, 4.69) is 15.6 Å². The van der Waals surface area contributed by atoms with Gasteiger partial charge in [-0.05, 0) is 17.7 Å². The fraction of sp³-hybridized carbons (Fsp3) is 0.167. The standard InChI is InChI=1S/C12H11N3O2/c16-12-9(5-8-1-3-13-4-2-8)14-10-6-17-7-11(10)15-12/h1-4,6-7,9,14H,5H2,(H,15,16). The largest absolute Gasteiger partial charge is 0.468 e. The molecule has 1 amide bonds. The molecule has 1 aliphatic rings. The monoisotopic (exact) mass is 229 g/mol.